The summed E-state index contributed by atoms with van der Waals surface area (Å²) in [6.07, 6.45) is 0.273. The summed E-state index contributed by atoms with van der Waals surface area (Å²) in [5, 5.41) is 25.0. The van der Waals surface area contributed by atoms with E-state index in [1.165, 1.54) is 24.1 Å². The third kappa shape index (κ3) is 7.35. The van der Waals surface area contributed by atoms with E-state index in [-0.39, 0.29) is 17.4 Å². The number of phenolic OH excluding ortho intramolecular Hbond substituents is 1. The number of alkyl carbamates (subject to hydrolysis) is 1. The highest BCUT2D eigenvalue weighted by Crippen LogP contribution is 2.38. The highest BCUT2D eigenvalue weighted by Gasteiger charge is 2.44. The van der Waals surface area contributed by atoms with Crippen molar-refractivity contribution in [1.29, 1.82) is 0 Å². The van der Waals surface area contributed by atoms with Gasteiger partial charge in [0.1, 0.15) is 30.0 Å². The molecule has 1 saturated carbocycles. The fourth-order valence-electron chi connectivity index (χ4n) is 3.15. The molecule has 182 valence electrons. The molecule has 0 aromatic heterocycles. The van der Waals surface area contributed by atoms with Gasteiger partial charge in [-0.15, -0.1) is 0 Å². The number of phenols is 1. The topological polar surface area (TPSA) is 154 Å². The van der Waals surface area contributed by atoms with Gasteiger partial charge in [-0.2, -0.15) is 0 Å². The predicted octanol–water partition coefficient (Wildman–Crippen LogP) is 0.599. The maximum Gasteiger partial charge on any atom is 0.408 e. The molecule has 4 N–H and O–H groups in total. The van der Waals surface area contributed by atoms with Gasteiger partial charge in [0.25, 0.3) is 0 Å². The summed E-state index contributed by atoms with van der Waals surface area (Å²) in [5.74, 6) is -2.37. The number of para-hydroxylation sites is 1. The summed E-state index contributed by atoms with van der Waals surface area (Å²) in [4.78, 5) is 51.5. The molecule has 0 heterocycles. The number of carbonyl (C=O) groups excluding carboxylic acids is 4. The molecule has 1 fully saturated rings. The number of amides is 3. The van der Waals surface area contributed by atoms with Crippen molar-refractivity contribution in [3.05, 3.63) is 29.8 Å². The smallest absolute Gasteiger partial charge is 0.408 e. The van der Waals surface area contributed by atoms with Crippen molar-refractivity contribution in [1.82, 2.24) is 15.5 Å². The molecule has 0 spiro atoms. The number of aromatic hydroxyl groups is 1. The van der Waals surface area contributed by atoms with Crippen LogP contribution >= 0.6 is 0 Å². The van der Waals surface area contributed by atoms with Crippen LogP contribution < -0.4 is 10.6 Å². The van der Waals surface area contributed by atoms with Gasteiger partial charge in [-0.25, -0.2) is 4.79 Å². The summed E-state index contributed by atoms with van der Waals surface area (Å²) < 4.78 is 9.70. The Bertz CT molecular complexity index is 879. The molecule has 0 radical (unpaired) electrons. The number of nitrogens with zero attached hydrogens (tertiary/aromatic N) is 1. The van der Waals surface area contributed by atoms with Crippen LogP contribution in [-0.2, 0) is 23.9 Å². The molecule has 0 saturated heterocycles. The summed E-state index contributed by atoms with van der Waals surface area (Å²) in [6, 6.07) is 2.94. The Morgan fingerprint density at radius 2 is 1.82 bits per heavy atom. The lowest BCUT2D eigenvalue weighted by Gasteiger charge is -2.34. The molecule has 0 bridgehead atoms. The van der Waals surface area contributed by atoms with Gasteiger partial charge in [0.2, 0.25) is 11.8 Å². The predicted molar refractivity (Wildman–Crippen MR) is 116 cm³/mol. The molecule has 3 amide bonds. The maximum atomic E-state index is 13.4. The Balaban J connectivity index is 2.37. The number of methoxy groups -OCH3 is 1. The lowest BCUT2D eigenvalue weighted by atomic mass is 10.0. The number of esters is 1. The Kier molecular flexibility index (Phi) is 8.63. The van der Waals surface area contributed by atoms with Crippen LogP contribution in [0.25, 0.3) is 0 Å². The first-order chi connectivity index (χ1) is 15.5. The molecule has 11 heteroatoms. The average molecular weight is 466 g/mol. The van der Waals surface area contributed by atoms with Crippen LogP contribution in [0.15, 0.2) is 24.3 Å². The van der Waals surface area contributed by atoms with E-state index in [1.807, 2.05) is 0 Å². The number of benzene rings is 1. The Hall–Kier alpha value is -3.34. The van der Waals surface area contributed by atoms with Gasteiger partial charge in [-0.05, 0) is 39.7 Å². The van der Waals surface area contributed by atoms with Gasteiger partial charge in [-0.3, -0.25) is 14.4 Å². The number of aliphatic hydroxyl groups excluding tert-OH is 1. The third-order valence-electron chi connectivity index (χ3n) is 4.76. The van der Waals surface area contributed by atoms with Crippen molar-refractivity contribution >= 4 is 23.9 Å². The van der Waals surface area contributed by atoms with Gasteiger partial charge in [0.15, 0.2) is 0 Å². The fourth-order valence-corrected chi connectivity index (χ4v) is 3.15. The lowest BCUT2D eigenvalue weighted by molar-refractivity contribution is -0.145. The minimum Gasteiger partial charge on any atom is -0.508 e. The van der Waals surface area contributed by atoms with Crippen LogP contribution in [0, 0.1) is 0 Å². The molecular weight excluding hydrogens is 434 g/mol. The van der Waals surface area contributed by atoms with Crippen molar-refractivity contribution in [2.24, 2.45) is 0 Å². The van der Waals surface area contributed by atoms with Crippen LogP contribution in [0.5, 0.6) is 5.75 Å². The summed E-state index contributed by atoms with van der Waals surface area (Å²) >= 11 is 0. The van der Waals surface area contributed by atoms with E-state index in [4.69, 9.17) is 4.74 Å². The highest BCUT2D eigenvalue weighted by atomic mass is 16.6. The number of rotatable bonds is 9. The quantitative estimate of drug-likeness (QED) is 0.387. The van der Waals surface area contributed by atoms with Crippen molar-refractivity contribution in [2.45, 2.75) is 57.3 Å². The van der Waals surface area contributed by atoms with Gasteiger partial charge in [0, 0.05) is 11.6 Å². The van der Waals surface area contributed by atoms with E-state index >= 15 is 0 Å². The van der Waals surface area contributed by atoms with Gasteiger partial charge in [-0.1, -0.05) is 18.2 Å². The van der Waals surface area contributed by atoms with Crippen molar-refractivity contribution in [3.8, 4) is 5.75 Å². The number of carbonyl (C=O) groups is 4. The molecule has 11 nitrogen and oxygen atoms in total. The number of ether oxygens (including phenoxy) is 2. The van der Waals surface area contributed by atoms with Gasteiger partial charge in [0.05, 0.1) is 13.7 Å². The first-order valence-electron chi connectivity index (χ1n) is 10.5. The summed E-state index contributed by atoms with van der Waals surface area (Å²) in [6.45, 7) is 3.78. The van der Waals surface area contributed by atoms with E-state index in [1.54, 1.807) is 32.9 Å². The number of hydrogen-bond acceptors (Lipinski definition) is 8. The maximum absolute atomic E-state index is 13.4. The minimum absolute atomic E-state index is 0.133. The minimum atomic E-state index is -1.39. The number of nitrogens with one attached hydrogen (secondary N) is 2. The van der Waals surface area contributed by atoms with Crippen molar-refractivity contribution in [2.75, 3.05) is 20.3 Å². The summed E-state index contributed by atoms with van der Waals surface area (Å²) in [7, 11) is 1.17. The van der Waals surface area contributed by atoms with E-state index in [9.17, 15) is 29.4 Å². The van der Waals surface area contributed by atoms with Crippen LogP contribution in [-0.4, -0.2) is 76.9 Å². The van der Waals surface area contributed by atoms with Crippen LogP contribution in [0.1, 0.15) is 45.2 Å². The Morgan fingerprint density at radius 1 is 1.18 bits per heavy atom. The molecule has 1 aromatic carbocycles. The SMILES string of the molecule is COC(=O)CNC(=O)C(c1ccccc1O)N(C(=O)C(CO)NC(=O)OC(C)(C)C)C1CC1. The second-order valence-corrected chi connectivity index (χ2v) is 8.61. The Labute approximate surface area is 192 Å². The van der Waals surface area contributed by atoms with E-state index in [2.05, 4.69) is 15.4 Å². The Morgan fingerprint density at radius 3 is 2.33 bits per heavy atom. The molecule has 1 aliphatic rings. The molecule has 1 aromatic rings. The molecule has 1 aliphatic carbocycles. The normalized spacial score (nSPS) is 15.1. The molecule has 2 atom stereocenters. The average Bonchev–Trinajstić information content (AvgIpc) is 3.57. The van der Waals surface area contributed by atoms with Crippen LogP contribution in [0.4, 0.5) is 4.79 Å². The van der Waals surface area contributed by atoms with E-state index in [0.29, 0.717) is 12.8 Å². The zero-order chi connectivity index (χ0) is 24.8. The third-order valence-corrected chi connectivity index (χ3v) is 4.76. The molecule has 0 aliphatic heterocycles. The molecule has 2 unspecified atom stereocenters. The fraction of sp³-hybridized carbons (Fsp3) is 0.545. The van der Waals surface area contributed by atoms with Crippen molar-refractivity contribution < 1.29 is 38.9 Å². The largest absolute Gasteiger partial charge is 0.508 e. The van der Waals surface area contributed by atoms with E-state index < -0.39 is 54.7 Å². The van der Waals surface area contributed by atoms with Gasteiger partial charge >= 0.3 is 12.1 Å². The van der Waals surface area contributed by atoms with Crippen molar-refractivity contribution in [3.63, 3.8) is 0 Å². The second-order valence-electron chi connectivity index (χ2n) is 8.61. The second kappa shape index (κ2) is 11.0. The first-order valence-corrected chi connectivity index (χ1v) is 10.5. The zero-order valence-electron chi connectivity index (χ0n) is 19.2. The number of hydrogen-bond donors (Lipinski definition) is 4. The zero-order valence-corrected chi connectivity index (χ0v) is 19.2. The molecular formula is C22H31N3O8. The summed E-state index contributed by atoms with van der Waals surface area (Å²) in [5.41, 5.74) is -0.691. The molecule has 2 rings (SSSR count). The monoisotopic (exact) mass is 465 g/mol. The lowest BCUT2D eigenvalue weighted by Crippen LogP contribution is -2.55. The van der Waals surface area contributed by atoms with E-state index in [0.717, 1.165) is 0 Å². The first kappa shape index (κ1) is 25.9. The molecule has 33 heavy (non-hydrogen) atoms. The van der Waals surface area contributed by atoms with Crippen LogP contribution in [0.3, 0.4) is 0 Å². The highest BCUT2D eigenvalue weighted by molar-refractivity contribution is 5.94. The van der Waals surface area contributed by atoms with Crippen LogP contribution in [0.2, 0.25) is 0 Å². The number of aliphatic hydroxyl groups is 1. The van der Waals surface area contributed by atoms with Gasteiger partial charge < -0.3 is 35.2 Å². The standard InChI is InChI=1S/C22H31N3O8/c1-22(2,3)33-21(31)24-15(12-26)20(30)25(13-9-10-13)18(14-7-5-6-8-16(14)27)19(29)23-11-17(28)32-4/h5-8,13,15,18,26-27H,9-12H2,1-4H3,(H,23,29)(H,24,31).